The molecule has 0 radical (unpaired) electrons. The highest BCUT2D eigenvalue weighted by molar-refractivity contribution is 6.32. The van der Waals surface area contributed by atoms with E-state index in [2.05, 4.69) is 15.1 Å². The van der Waals surface area contributed by atoms with Crippen molar-refractivity contribution in [3.8, 4) is 17.2 Å². The summed E-state index contributed by atoms with van der Waals surface area (Å²) in [5.41, 5.74) is 1.21. The SMILES string of the molecule is COc1cccc(-c2nc([C@H]3CCCN(C(=O)c4cccnc4Cl)C3)no2)c1. The Hall–Kier alpha value is -2.93. The predicted octanol–water partition coefficient (Wildman–Crippen LogP) is 3.81. The van der Waals surface area contributed by atoms with Crippen molar-refractivity contribution in [3.63, 3.8) is 0 Å². The van der Waals surface area contributed by atoms with Gasteiger partial charge in [0.1, 0.15) is 10.9 Å². The van der Waals surface area contributed by atoms with Crippen molar-refractivity contribution < 1.29 is 14.1 Å². The Bertz CT molecular complexity index is 991. The van der Waals surface area contributed by atoms with Gasteiger partial charge in [-0.2, -0.15) is 4.98 Å². The number of rotatable bonds is 4. The summed E-state index contributed by atoms with van der Waals surface area (Å²) in [5.74, 6) is 1.65. The first-order valence-electron chi connectivity index (χ1n) is 9.03. The maximum absolute atomic E-state index is 12.8. The summed E-state index contributed by atoms with van der Waals surface area (Å²) in [6.45, 7) is 1.18. The number of piperidine rings is 1. The van der Waals surface area contributed by atoms with Crippen molar-refractivity contribution in [3.05, 3.63) is 59.1 Å². The van der Waals surface area contributed by atoms with E-state index < -0.39 is 0 Å². The molecule has 1 aliphatic rings. The van der Waals surface area contributed by atoms with Crippen molar-refractivity contribution in [1.29, 1.82) is 0 Å². The van der Waals surface area contributed by atoms with Crippen LogP contribution in [0.3, 0.4) is 0 Å². The largest absolute Gasteiger partial charge is 0.497 e. The Morgan fingerprint density at radius 1 is 1.32 bits per heavy atom. The number of likely N-dealkylation sites (tertiary alicyclic amines) is 1. The Labute approximate surface area is 167 Å². The molecular formula is C20H19ClN4O3. The van der Waals surface area contributed by atoms with Gasteiger partial charge in [0.25, 0.3) is 11.8 Å². The molecule has 0 spiro atoms. The van der Waals surface area contributed by atoms with Crippen LogP contribution in [0.25, 0.3) is 11.5 Å². The number of carbonyl (C=O) groups is 1. The highest BCUT2D eigenvalue weighted by Crippen LogP contribution is 2.29. The standard InChI is InChI=1S/C20H19ClN4O3/c1-27-15-7-2-5-13(11-15)19-23-18(24-28-19)14-6-4-10-25(12-14)20(26)16-8-3-9-22-17(16)21/h2-3,5,7-9,11,14H,4,6,10,12H2,1H3/t14-/m0/s1. The molecule has 0 bridgehead atoms. The summed E-state index contributed by atoms with van der Waals surface area (Å²) in [6.07, 6.45) is 3.32. The van der Waals surface area contributed by atoms with Crippen molar-refractivity contribution in [2.75, 3.05) is 20.2 Å². The Balaban J connectivity index is 1.51. The van der Waals surface area contributed by atoms with Crippen LogP contribution >= 0.6 is 11.6 Å². The van der Waals surface area contributed by atoms with Crippen LogP contribution in [-0.2, 0) is 0 Å². The Morgan fingerprint density at radius 3 is 3.04 bits per heavy atom. The lowest BCUT2D eigenvalue weighted by Crippen LogP contribution is -2.39. The topological polar surface area (TPSA) is 81.4 Å². The second-order valence-electron chi connectivity index (χ2n) is 6.62. The van der Waals surface area contributed by atoms with Gasteiger partial charge in [0.15, 0.2) is 5.82 Å². The number of ether oxygens (including phenoxy) is 1. The maximum atomic E-state index is 12.8. The number of hydrogen-bond acceptors (Lipinski definition) is 6. The number of amides is 1. The molecule has 0 unspecified atom stereocenters. The third kappa shape index (κ3) is 3.71. The molecule has 3 heterocycles. The number of nitrogens with zero attached hydrogens (tertiary/aromatic N) is 4. The van der Waals surface area contributed by atoms with E-state index in [0.717, 1.165) is 24.2 Å². The first kappa shape index (κ1) is 18.4. The van der Waals surface area contributed by atoms with E-state index in [9.17, 15) is 4.79 Å². The van der Waals surface area contributed by atoms with Crippen LogP contribution in [0.15, 0.2) is 47.1 Å². The lowest BCUT2D eigenvalue weighted by Gasteiger charge is -2.31. The van der Waals surface area contributed by atoms with E-state index in [1.807, 2.05) is 24.3 Å². The number of halogens is 1. The fraction of sp³-hybridized carbons (Fsp3) is 0.300. The molecule has 1 fully saturated rings. The number of benzene rings is 1. The van der Waals surface area contributed by atoms with Crippen LogP contribution in [0.4, 0.5) is 0 Å². The first-order chi connectivity index (χ1) is 13.7. The summed E-state index contributed by atoms with van der Waals surface area (Å²) >= 11 is 6.08. The van der Waals surface area contributed by atoms with Gasteiger partial charge in [-0.15, -0.1) is 0 Å². The summed E-state index contributed by atoms with van der Waals surface area (Å²) < 4.78 is 10.7. The van der Waals surface area contributed by atoms with Gasteiger partial charge in [-0.3, -0.25) is 4.79 Å². The van der Waals surface area contributed by atoms with Gasteiger partial charge in [-0.1, -0.05) is 22.8 Å². The lowest BCUT2D eigenvalue weighted by molar-refractivity contribution is 0.0703. The molecule has 4 rings (SSSR count). The average molecular weight is 399 g/mol. The molecule has 8 heteroatoms. The average Bonchev–Trinajstić information content (AvgIpc) is 3.24. The number of hydrogen-bond donors (Lipinski definition) is 0. The van der Waals surface area contributed by atoms with Gasteiger partial charge in [-0.05, 0) is 43.2 Å². The van der Waals surface area contributed by atoms with Crippen LogP contribution in [0, 0.1) is 0 Å². The molecule has 1 aromatic carbocycles. The second kappa shape index (κ2) is 7.98. The quantitative estimate of drug-likeness (QED) is 0.621. The van der Waals surface area contributed by atoms with E-state index in [-0.39, 0.29) is 17.0 Å². The molecule has 1 atom stereocenters. The van der Waals surface area contributed by atoms with Crippen LogP contribution in [0.5, 0.6) is 5.75 Å². The second-order valence-corrected chi connectivity index (χ2v) is 6.98. The van der Waals surface area contributed by atoms with E-state index >= 15 is 0 Å². The van der Waals surface area contributed by atoms with Crippen LogP contribution in [-0.4, -0.2) is 46.1 Å². The first-order valence-corrected chi connectivity index (χ1v) is 9.41. The zero-order valence-electron chi connectivity index (χ0n) is 15.3. The zero-order valence-corrected chi connectivity index (χ0v) is 16.1. The van der Waals surface area contributed by atoms with Crippen molar-refractivity contribution in [2.24, 2.45) is 0 Å². The fourth-order valence-electron chi connectivity index (χ4n) is 3.36. The highest BCUT2D eigenvalue weighted by Gasteiger charge is 2.29. The monoisotopic (exact) mass is 398 g/mol. The number of carbonyl (C=O) groups excluding carboxylic acids is 1. The van der Waals surface area contributed by atoms with Crippen LogP contribution < -0.4 is 4.74 Å². The molecule has 0 saturated carbocycles. The summed E-state index contributed by atoms with van der Waals surface area (Å²) in [6, 6.07) is 10.9. The molecule has 1 amide bonds. The molecule has 28 heavy (non-hydrogen) atoms. The highest BCUT2D eigenvalue weighted by atomic mass is 35.5. The van der Waals surface area contributed by atoms with E-state index in [1.165, 1.54) is 0 Å². The predicted molar refractivity (Wildman–Crippen MR) is 103 cm³/mol. The van der Waals surface area contributed by atoms with E-state index in [1.54, 1.807) is 30.3 Å². The molecule has 1 aliphatic heterocycles. The summed E-state index contributed by atoms with van der Waals surface area (Å²) in [4.78, 5) is 23.1. The normalized spacial score (nSPS) is 16.8. The van der Waals surface area contributed by atoms with Crippen LogP contribution in [0.2, 0.25) is 5.15 Å². The van der Waals surface area contributed by atoms with E-state index in [4.69, 9.17) is 20.9 Å². The van der Waals surface area contributed by atoms with Gasteiger partial charge in [-0.25, -0.2) is 4.98 Å². The number of pyridine rings is 1. The van der Waals surface area contributed by atoms with Gasteiger partial charge >= 0.3 is 0 Å². The molecule has 1 saturated heterocycles. The smallest absolute Gasteiger partial charge is 0.258 e. The molecule has 2 aromatic heterocycles. The molecule has 0 aliphatic carbocycles. The minimum absolute atomic E-state index is 0.0104. The van der Waals surface area contributed by atoms with Gasteiger partial charge in [0, 0.05) is 30.8 Å². The van der Waals surface area contributed by atoms with Gasteiger partial charge in [0.05, 0.1) is 12.7 Å². The van der Waals surface area contributed by atoms with Crippen LogP contribution in [0.1, 0.15) is 34.9 Å². The maximum Gasteiger partial charge on any atom is 0.258 e. The molecule has 144 valence electrons. The van der Waals surface area contributed by atoms with Gasteiger partial charge in [0.2, 0.25) is 0 Å². The Morgan fingerprint density at radius 2 is 2.21 bits per heavy atom. The van der Waals surface area contributed by atoms with Crippen molar-refractivity contribution in [2.45, 2.75) is 18.8 Å². The molecule has 0 N–H and O–H groups in total. The lowest BCUT2D eigenvalue weighted by atomic mass is 9.97. The molecule has 7 nitrogen and oxygen atoms in total. The van der Waals surface area contributed by atoms with Crippen molar-refractivity contribution in [1.82, 2.24) is 20.0 Å². The minimum atomic E-state index is -0.126. The van der Waals surface area contributed by atoms with Gasteiger partial charge < -0.3 is 14.2 Å². The number of aromatic nitrogens is 3. The number of methoxy groups -OCH3 is 1. The third-order valence-electron chi connectivity index (χ3n) is 4.82. The van der Waals surface area contributed by atoms with E-state index in [0.29, 0.717) is 30.4 Å². The summed E-state index contributed by atoms with van der Waals surface area (Å²) in [5, 5.41) is 4.37. The minimum Gasteiger partial charge on any atom is -0.497 e. The molecular weight excluding hydrogens is 380 g/mol. The zero-order chi connectivity index (χ0) is 19.5. The van der Waals surface area contributed by atoms with Crippen molar-refractivity contribution >= 4 is 17.5 Å². The fourth-order valence-corrected chi connectivity index (χ4v) is 3.56. The Kier molecular flexibility index (Phi) is 5.25. The third-order valence-corrected chi connectivity index (χ3v) is 5.12. The summed E-state index contributed by atoms with van der Waals surface area (Å²) in [7, 11) is 1.61. The molecule has 3 aromatic rings.